The molecule has 19 heteroatoms. The number of nitrogens with one attached hydrogen (secondary N) is 1. The van der Waals surface area contributed by atoms with Gasteiger partial charge in [0.05, 0.1) is 58.1 Å². The van der Waals surface area contributed by atoms with E-state index in [1.807, 2.05) is 0 Å². The van der Waals surface area contributed by atoms with Crippen LogP contribution >= 0.6 is 46.4 Å². The second-order valence-corrected chi connectivity index (χ2v) is 16.4. The third-order valence-corrected chi connectivity index (χ3v) is 13.0. The van der Waals surface area contributed by atoms with Crippen LogP contribution in [0.25, 0.3) is 0 Å². The lowest BCUT2D eigenvalue weighted by Crippen LogP contribution is -2.53. The molecular weight excluding hydrogens is 873 g/mol. The first-order chi connectivity index (χ1) is 28.4. The fourth-order valence-corrected chi connectivity index (χ4v) is 10.2. The number of halogens is 7. The Morgan fingerprint density at radius 3 is 2.23 bits per heavy atom. The van der Waals surface area contributed by atoms with Gasteiger partial charge in [0.25, 0.3) is 23.6 Å². The van der Waals surface area contributed by atoms with Crippen LogP contribution in [0.4, 0.5) is 24.7 Å². The minimum Gasteiger partial charge on any atom is -0.503 e. The number of alkyl halides is 3. The number of phenols is 1. The molecule has 4 aromatic rings. The Morgan fingerprint density at radius 1 is 0.867 bits per heavy atom. The number of anilines is 2. The van der Waals surface area contributed by atoms with E-state index >= 15 is 9.59 Å². The monoisotopic (exact) mass is 903 g/mol. The number of aromatic hydroxyl groups is 1. The fourth-order valence-electron chi connectivity index (χ4n) is 9.32. The summed E-state index contributed by atoms with van der Waals surface area (Å²) in [4.78, 5) is 63.2. The summed E-state index contributed by atoms with van der Waals surface area (Å²) in [7, 11) is 4.00. The maximum Gasteiger partial charge on any atom is 0.433 e. The summed E-state index contributed by atoms with van der Waals surface area (Å²) in [6, 6.07) is 15.7. The predicted octanol–water partition coefficient (Wildman–Crippen LogP) is 8.47. The van der Waals surface area contributed by atoms with Crippen LogP contribution in [-0.4, -0.2) is 65.0 Å². The number of nitrogens with zero attached hydrogens (tertiary/aromatic N) is 4. The Morgan fingerprint density at radius 2 is 1.58 bits per heavy atom. The standard InChI is InChI=1S/C41H32Cl4F3N5O7/c1-51(35-26(43)11-13-31(49-35)41(46,47)48)53-36(55)23-10-9-22-24(32(23)38(53)57)17-25-37(56)52(50-29-12-6-20(42)16-27(29)44)39(58)40(25,19-4-7-21(59-2)8-5-19)33(22)18-14-28(45)34(54)30(15-18)60-3/h4-9,11-16,23-25,32-33,50,54H,10,17H2,1-3H3. The molecule has 4 aliphatic rings. The van der Waals surface area contributed by atoms with Crippen molar-refractivity contribution in [2.75, 3.05) is 31.7 Å². The Balaban J connectivity index is 1.31. The summed E-state index contributed by atoms with van der Waals surface area (Å²) in [6.07, 6.45) is -3.25. The number of carbonyl (C=O) groups excluding carboxylic acids is 4. The fraction of sp³-hybridized carbons (Fsp3) is 0.293. The highest BCUT2D eigenvalue weighted by Gasteiger charge is 2.70. The minimum absolute atomic E-state index is 0.0253. The maximum absolute atomic E-state index is 15.5. The van der Waals surface area contributed by atoms with Crippen LogP contribution in [0.15, 0.2) is 78.4 Å². The first-order valence-corrected chi connectivity index (χ1v) is 19.8. The van der Waals surface area contributed by atoms with Gasteiger partial charge in [-0.25, -0.2) is 4.98 Å². The molecule has 0 radical (unpaired) electrons. The van der Waals surface area contributed by atoms with Crippen molar-refractivity contribution in [2.24, 2.45) is 23.7 Å². The highest BCUT2D eigenvalue weighted by Crippen LogP contribution is 2.65. The van der Waals surface area contributed by atoms with Crippen molar-refractivity contribution in [3.8, 4) is 17.2 Å². The molecular formula is C41H32Cl4F3N5O7. The maximum atomic E-state index is 15.5. The van der Waals surface area contributed by atoms with Crippen molar-refractivity contribution in [1.82, 2.24) is 15.0 Å². The van der Waals surface area contributed by atoms with E-state index in [1.54, 1.807) is 30.3 Å². The average molecular weight is 906 g/mol. The molecule has 8 rings (SSSR count). The smallest absolute Gasteiger partial charge is 0.433 e. The lowest BCUT2D eigenvalue weighted by Gasteiger charge is -2.50. The molecule has 1 saturated carbocycles. The van der Waals surface area contributed by atoms with Crippen LogP contribution in [0.5, 0.6) is 17.2 Å². The molecule has 12 nitrogen and oxygen atoms in total. The highest BCUT2D eigenvalue weighted by molar-refractivity contribution is 6.36. The number of benzene rings is 3. The second kappa shape index (κ2) is 15.0. The Labute approximate surface area is 360 Å². The third-order valence-electron chi connectivity index (χ3n) is 11.9. The van der Waals surface area contributed by atoms with Gasteiger partial charge in [-0.15, -0.1) is 0 Å². The van der Waals surface area contributed by atoms with E-state index in [4.69, 9.17) is 55.9 Å². The van der Waals surface area contributed by atoms with E-state index < -0.39 is 76.3 Å². The number of phenolic OH excluding ortho intramolecular Hbond substituents is 1. The molecule has 1 aromatic heterocycles. The number of hydrogen-bond donors (Lipinski definition) is 2. The molecule has 2 N–H and O–H groups in total. The van der Waals surface area contributed by atoms with Gasteiger partial charge >= 0.3 is 6.18 Å². The van der Waals surface area contributed by atoms with E-state index in [0.29, 0.717) is 33.5 Å². The molecule has 312 valence electrons. The van der Waals surface area contributed by atoms with Gasteiger partial charge in [-0.1, -0.05) is 70.2 Å². The number of hydrazine groups is 2. The Kier molecular flexibility index (Phi) is 10.4. The Bertz CT molecular complexity index is 2530. The van der Waals surface area contributed by atoms with Crippen molar-refractivity contribution >= 4 is 81.5 Å². The molecule has 0 spiro atoms. The molecule has 2 saturated heterocycles. The van der Waals surface area contributed by atoms with Crippen LogP contribution in [0, 0.1) is 23.7 Å². The second-order valence-electron chi connectivity index (χ2n) is 14.8. The number of amides is 4. The SMILES string of the molecule is COc1ccc(C23C(=O)N(Nc4ccc(Cl)cc4Cl)C(=O)C2CC2C(=CCC4C(=O)N(N(C)c5nc(C(F)(F)F)ccc5Cl)C(=O)C42)C3c2cc(Cl)c(O)c(OC)c2)cc1. The first-order valence-electron chi connectivity index (χ1n) is 18.3. The molecule has 3 aromatic carbocycles. The summed E-state index contributed by atoms with van der Waals surface area (Å²) in [5.74, 6) is -8.68. The highest BCUT2D eigenvalue weighted by atomic mass is 35.5. The number of rotatable bonds is 8. The number of carbonyl (C=O) groups is 4. The van der Waals surface area contributed by atoms with E-state index in [1.165, 1.54) is 51.6 Å². The first kappa shape index (κ1) is 41.5. The number of pyridine rings is 1. The molecule has 6 atom stereocenters. The molecule has 2 aliphatic carbocycles. The van der Waals surface area contributed by atoms with Crippen molar-refractivity contribution in [3.05, 3.63) is 115 Å². The third kappa shape index (κ3) is 6.31. The topological polar surface area (TPSA) is 142 Å². The molecule has 0 bridgehead atoms. The van der Waals surface area contributed by atoms with Crippen molar-refractivity contribution in [1.29, 1.82) is 0 Å². The number of hydrogen-bond acceptors (Lipinski definition) is 10. The molecule has 4 amide bonds. The number of ether oxygens (including phenoxy) is 2. The zero-order chi connectivity index (χ0) is 43.2. The molecule has 6 unspecified atom stereocenters. The summed E-state index contributed by atoms with van der Waals surface area (Å²) in [6.45, 7) is 0. The van der Waals surface area contributed by atoms with Gasteiger partial charge in [0.15, 0.2) is 17.3 Å². The largest absolute Gasteiger partial charge is 0.503 e. The van der Waals surface area contributed by atoms with E-state index in [9.17, 15) is 27.9 Å². The van der Waals surface area contributed by atoms with Gasteiger partial charge in [-0.05, 0) is 84.5 Å². The van der Waals surface area contributed by atoms with Crippen LogP contribution in [0.3, 0.4) is 0 Å². The van der Waals surface area contributed by atoms with E-state index in [-0.39, 0.29) is 45.1 Å². The zero-order valence-electron chi connectivity index (χ0n) is 31.6. The number of methoxy groups -OCH3 is 2. The normalized spacial score (nSPS) is 24.8. The quantitative estimate of drug-likeness (QED) is 0.131. The van der Waals surface area contributed by atoms with Crippen LogP contribution in [0.2, 0.25) is 20.1 Å². The average Bonchev–Trinajstić information content (AvgIpc) is 3.59. The van der Waals surface area contributed by atoms with Gasteiger partial charge in [-0.3, -0.25) is 29.6 Å². The van der Waals surface area contributed by atoms with Gasteiger partial charge in [-0.2, -0.15) is 23.2 Å². The van der Waals surface area contributed by atoms with Crippen LogP contribution in [0.1, 0.15) is 35.6 Å². The number of fused-ring (bicyclic) bond motifs is 4. The van der Waals surface area contributed by atoms with Gasteiger partial charge < -0.3 is 14.6 Å². The number of imide groups is 2. The predicted molar refractivity (Wildman–Crippen MR) is 215 cm³/mol. The minimum atomic E-state index is -4.85. The summed E-state index contributed by atoms with van der Waals surface area (Å²) in [5, 5.41) is 13.4. The number of allylic oxidation sites excluding steroid dienone is 2. The van der Waals surface area contributed by atoms with Gasteiger partial charge in [0.1, 0.15) is 11.4 Å². The number of aromatic nitrogens is 1. The van der Waals surface area contributed by atoms with Crippen molar-refractivity contribution < 1.29 is 46.9 Å². The van der Waals surface area contributed by atoms with Gasteiger partial charge in [0, 0.05) is 18.0 Å². The lowest BCUT2D eigenvalue weighted by molar-refractivity contribution is -0.142. The lowest BCUT2D eigenvalue weighted by atomic mass is 9.49. The zero-order valence-corrected chi connectivity index (χ0v) is 34.6. The summed E-state index contributed by atoms with van der Waals surface area (Å²) < 4.78 is 52.2. The van der Waals surface area contributed by atoms with E-state index in [0.717, 1.165) is 21.1 Å². The summed E-state index contributed by atoms with van der Waals surface area (Å²) >= 11 is 25.6. The van der Waals surface area contributed by atoms with Crippen LogP contribution < -0.4 is 19.9 Å². The Hall–Kier alpha value is -5.22. The van der Waals surface area contributed by atoms with Crippen molar-refractivity contribution in [2.45, 2.75) is 30.4 Å². The van der Waals surface area contributed by atoms with Crippen molar-refractivity contribution in [3.63, 3.8) is 0 Å². The van der Waals surface area contributed by atoms with Crippen LogP contribution in [-0.2, 0) is 30.8 Å². The molecule has 3 heterocycles. The van der Waals surface area contributed by atoms with Gasteiger partial charge in [0.2, 0.25) is 0 Å². The molecule has 3 fully saturated rings. The molecule has 2 aliphatic heterocycles. The molecule has 60 heavy (non-hydrogen) atoms. The van der Waals surface area contributed by atoms with E-state index in [2.05, 4.69) is 10.4 Å². The summed E-state index contributed by atoms with van der Waals surface area (Å²) in [5.41, 5.74) is 1.28.